The third-order valence-corrected chi connectivity index (χ3v) is 13.6. The molecule has 3 aliphatic rings. The molecule has 18 nitrogen and oxygen atoms in total. The van der Waals surface area contributed by atoms with Gasteiger partial charge in [-0.25, -0.2) is 4.79 Å². The monoisotopic (exact) mass is 926 g/mol. The van der Waals surface area contributed by atoms with Crippen LogP contribution in [0, 0.1) is 28.9 Å². The molecule has 3 N–H and O–H groups in total. The number of nitrogens with zero attached hydrogens (tertiary/aromatic N) is 1. The van der Waals surface area contributed by atoms with Gasteiger partial charge in [0.1, 0.15) is 35.7 Å². The smallest absolute Gasteiger partial charge is 0.509 e. The summed E-state index contributed by atoms with van der Waals surface area (Å²) in [5.74, 6) is -6.37. The van der Waals surface area contributed by atoms with Gasteiger partial charge in [0, 0.05) is 44.6 Å². The third-order valence-electron chi connectivity index (χ3n) is 13.6. The van der Waals surface area contributed by atoms with E-state index < -0.39 is 136 Å². The molecule has 0 spiro atoms. The molecule has 65 heavy (non-hydrogen) atoms. The topological polar surface area (TPSA) is 235 Å². The Morgan fingerprint density at radius 1 is 0.892 bits per heavy atom. The Morgan fingerprint density at radius 3 is 2.09 bits per heavy atom. The lowest BCUT2D eigenvalue weighted by molar-refractivity contribution is -0.874. The number of aliphatic hydroxyl groups is 3. The molecule has 0 bridgehead atoms. The molecule has 0 aromatic heterocycles. The quantitative estimate of drug-likeness (QED) is 0.118. The van der Waals surface area contributed by atoms with Gasteiger partial charge in [-0.2, -0.15) is 0 Å². The van der Waals surface area contributed by atoms with E-state index in [-0.39, 0.29) is 32.3 Å². The molecule has 370 valence electrons. The van der Waals surface area contributed by atoms with Gasteiger partial charge in [-0.1, -0.05) is 58.0 Å². The zero-order valence-corrected chi connectivity index (χ0v) is 40.6. The number of quaternary nitrogens is 1. The molecule has 1 aromatic rings. The van der Waals surface area contributed by atoms with Crippen molar-refractivity contribution in [3.8, 4) is 0 Å². The van der Waals surface area contributed by atoms with Crippen LogP contribution in [0.15, 0.2) is 30.3 Å². The van der Waals surface area contributed by atoms with Crippen LogP contribution >= 0.6 is 0 Å². The SMILES string of the molecule is CC[C@H]1OC(=O)[C@H](C)[C@@H](O[C@H]2C[C@@](C)(OC)[C@@H](OC(=O)OCc3ccccc3)[C@H](C)O2)[C@H](C)[C@@H](O[C@@H]2O[C@H](C)C[C@H]([N+](C)(C)[O-])[C@H]2OC(C)=O)[C@](C)(O)C[C@@H](C)C(=O)[C@H](C)[C@@H](O)[C@]1(C)O. The Labute approximate surface area is 383 Å². The number of hydrogen-bond donors (Lipinski definition) is 3. The van der Waals surface area contributed by atoms with E-state index in [9.17, 15) is 39.7 Å². The molecule has 18 atom stereocenters. The van der Waals surface area contributed by atoms with E-state index in [1.807, 2.05) is 18.2 Å². The third kappa shape index (κ3) is 13.0. The first-order chi connectivity index (χ1) is 30.1. The number of cyclic esters (lactones) is 1. The Morgan fingerprint density at radius 2 is 1.52 bits per heavy atom. The van der Waals surface area contributed by atoms with Crippen molar-refractivity contribution in [3.63, 3.8) is 0 Å². The van der Waals surface area contributed by atoms with E-state index in [0.717, 1.165) is 5.56 Å². The Hall–Kier alpha value is -3.30. The summed E-state index contributed by atoms with van der Waals surface area (Å²) < 4.78 is 54.2. The number of likely N-dealkylation sites (N-methyl/N-ethyl adjacent to an activating group) is 1. The lowest BCUT2D eigenvalue weighted by atomic mass is 9.74. The van der Waals surface area contributed by atoms with Gasteiger partial charge >= 0.3 is 18.1 Å². The molecule has 3 aliphatic heterocycles. The van der Waals surface area contributed by atoms with Crippen molar-refractivity contribution in [1.82, 2.24) is 0 Å². The van der Waals surface area contributed by atoms with E-state index >= 15 is 0 Å². The number of hydroxylamine groups is 3. The predicted octanol–water partition coefficient (Wildman–Crippen LogP) is 4.73. The van der Waals surface area contributed by atoms with Crippen LogP contribution in [-0.4, -0.2) is 149 Å². The first kappa shape index (κ1) is 54.3. The molecule has 3 saturated heterocycles. The van der Waals surface area contributed by atoms with Gasteiger partial charge < -0.3 is 67.8 Å². The van der Waals surface area contributed by atoms with Gasteiger partial charge in [-0.3, -0.25) is 14.4 Å². The number of ketones is 1. The number of hydrogen-bond acceptors (Lipinski definition) is 17. The number of aliphatic hydroxyl groups excluding tert-OH is 1. The molecule has 0 unspecified atom stereocenters. The predicted molar refractivity (Wildman–Crippen MR) is 233 cm³/mol. The van der Waals surface area contributed by atoms with E-state index in [4.69, 9.17) is 42.6 Å². The molecule has 0 aliphatic carbocycles. The minimum atomic E-state index is -2.08. The second-order valence-corrected chi connectivity index (χ2v) is 19.6. The van der Waals surface area contributed by atoms with E-state index in [2.05, 4.69) is 0 Å². The first-order valence-corrected chi connectivity index (χ1v) is 22.7. The lowest BCUT2D eigenvalue weighted by Crippen LogP contribution is -2.64. The van der Waals surface area contributed by atoms with Crippen LogP contribution in [0.5, 0.6) is 0 Å². The van der Waals surface area contributed by atoms with Crippen molar-refractivity contribution >= 4 is 23.9 Å². The van der Waals surface area contributed by atoms with Gasteiger partial charge in [0.25, 0.3) is 0 Å². The summed E-state index contributed by atoms with van der Waals surface area (Å²) in [6.07, 6.45) is -12.8. The molecule has 18 heteroatoms. The Bertz CT molecular complexity index is 1750. The maximum absolute atomic E-state index is 14.4. The largest absolute Gasteiger partial charge is 0.633 e. The van der Waals surface area contributed by atoms with Crippen LogP contribution in [0.3, 0.4) is 0 Å². The number of methoxy groups -OCH3 is 1. The molecular formula is C47H75NO17. The Kier molecular flexibility index (Phi) is 18.2. The van der Waals surface area contributed by atoms with Crippen LogP contribution in [0.25, 0.3) is 0 Å². The van der Waals surface area contributed by atoms with Crippen LogP contribution in [0.1, 0.15) is 107 Å². The minimum absolute atomic E-state index is 0.0300. The summed E-state index contributed by atoms with van der Waals surface area (Å²) in [6.45, 7) is 17.0. The minimum Gasteiger partial charge on any atom is -0.633 e. The molecule has 3 heterocycles. The van der Waals surface area contributed by atoms with E-state index in [1.54, 1.807) is 60.6 Å². The number of carbonyl (C=O) groups is 4. The highest BCUT2D eigenvalue weighted by atomic mass is 16.8. The molecule has 1 aromatic carbocycles. The second-order valence-electron chi connectivity index (χ2n) is 19.6. The van der Waals surface area contributed by atoms with Gasteiger partial charge in [-0.15, -0.1) is 0 Å². The van der Waals surface area contributed by atoms with Crippen molar-refractivity contribution in [1.29, 1.82) is 0 Å². The lowest BCUT2D eigenvalue weighted by Gasteiger charge is -2.52. The maximum atomic E-state index is 14.4. The van der Waals surface area contributed by atoms with Gasteiger partial charge in [0.15, 0.2) is 12.4 Å². The number of rotatable bonds is 11. The average molecular weight is 926 g/mol. The summed E-state index contributed by atoms with van der Waals surface area (Å²) >= 11 is 0. The number of benzene rings is 1. The van der Waals surface area contributed by atoms with Crippen molar-refractivity contribution in [2.24, 2.45) is 23.7 Å². The number of Topliss-reactive ketones (excluding diaryl/α,β-unsaturated/α-hetero) is 1. The molecule has 0 saturated carbocycles. The molecular weight excluding hydrogens is 851 g/mol. The van der Waals surface area contributed by atoms with Crippen LogP contribution < -0.4 is 0 Å². The number of carbonyl (C=O) groups excluding carboxylic acids is 4. The Balaban J connectivity index is 1.80. The molecule has 0 radical (unpaired) electrons. The fourth-order valence-electron chi connectivity index (χ4n) is 9.88. The summed E-state index contributed by atoms with van der Waals surface area (Å²) in [5, 5.41) is 49.5. The average Bonchev–Trinajstić information content (AvgIpc) is 3.22. The number of esters is 2. The highest BCUT2D eigenvalue weighted by Crippen LogP contribution is 2.42. The highest BCUT2D eigenvalue weighted by molar-refractivity contribution is 5.83. The summed E-state index contributed by atoms with van der Waals surface area (Å²) in [7, 11) is 4.28. The summed E-state index contributed by atoms with van der Waals surface area (Å²) in [5.41, 5.74) is -4.53. The number of ether oxygens (including phenoxy) is 9. The molecule has 4 rings (SSSR count). The standard InChI is InChI=1S/C47H75NO17/c1-15-34-47(11,55)39(51)27(4)36(50)25(2)22-45(9,54)40(64-43-38(61-31(8)49)33(48(12,13)56)21-26(3)59-43)28(5)37(29(6)42(52)62-34)63-35-23-46(10,57-14)41(30(7)60-35)65-44(53)58-24-32-19-17-16-18-20-32/h16-20,25-30,33-35,37-41,43,51,54-55H,15,21-24H2,1-14H3/t25-,26-,27+,28+,29-,30+,33+,34-,35+,37+,38-,39-,40-,41+,43+,45-,46-,47-/m1/s1. The first-order valence-electron chi connectivity index (χ1n) is 22.7. The van der Waals surface area contributed by atoms with E-state index in [1.165, 1.54) is 48.9 Å². The fourth-order valence-corrected chi connectivity index (χ4v) is 9.88. The molecule has 3 fully saturated rings. The van der Waals surface area contributed by atoms with Crippen molar-refractivity contribution < 1.29 is 81.8 Å². The van der Waals surface area contributed by atoms with Crippen LogP contribution in [0.2, 0.25) is 0 Å². The fraction of sp³-hybridized carbons (Fsp3) is 0.787. The van der Waals surface area contributed by atoms with Gasteiger partial charge in [0.2, 0.25) is 12.4 Å². The summed E-state index contributed by atoms with van der Waals surface area (Å²) in [4.78, 5) is 54.1. The van der Waals surface area contributed by atoms with Crippen LogP contribution in [-0.2, 0) is 63.6 Å². The van der Waals surface area contributed by atoms with Crippen LogP contribution in [0.4, 0.5) is 4.79 Å². The van der Waals surface area contributed by atoms with Gasteiger partial charge in [0.05, 0.1) is 56.1 Å². The zero-order chi connectivity index (χ0) is 49.0. The normalized spacial score (nSPS) is 41.4. The van der Waals surface area contributed by atoms with Crippen molar-refractivity contribution in [2.45, 2.75) is 193 Å². The van der Waals surface area contributed by atoms with E-state index in [0.29, 0.717) is 0 Å². The van der Waals surface area contributed by atoms with Crippen molar-refractivity contribution in [3.05, 3.63) is 41.1 Å². The highest BCUT2D eigenvalue weighted by Gasteiger charge is 2.55. The van der Waals surface area contributed by atoms with Crippen molar-refractivity contribution in [2.75, 3.05) is 21.2 Å². The zero-order valence-electron chi connectivity index (χ0n) is 40.6. The van der Waals surface area contributed by atoms with Gasteiger partial charge in [-0.05, 0) is 59.9 Å². The second kappa shape index (κ2) is 21.8. The molecule has 0 amide bonds. The summed E-state index contributed by atoms with van der Waals surface area (Å²) in [6, 6.07) is 8.22. The maximum Gasteiger partial charge on any atom is 0.509 e.